The van der Waals surface area contributed by atoms with E-state index in [4.69, 9.17) is 4.74 Å². The zero-order chi connectivity index (χ0) is 24.4. The molecule has 5 nitrogen and oxygen atoms in total. The van der Waals surface area contributed by atoms with Crippen LogP contribution in [0.4, 0.5) is 11.4 Å². The van der Waals surface area contributed by atoms with Crippen LogP contribution in [0.5, 0.6) is 5.75 Å². The lowest BCUT2D eigenvalue weighted by Crippen LogP contribution is -2.32. The monoisotopic (exact) mass is 454 g/mol. The molecule has 5 heteroatoms. The molecule has 0 radical (unpaired) electrons. The minimum absolute atomic E-state index is 0.274. The highest BCUT2D eigenvalue weighted by Crippen LogP contribution is 2.35. The summed E-state index contributed by atoms with van der Waals surface area (Å²) in [6, 6.07) is 18.9. The summed E-state index contributed by atoms with van der Waals surface area (Å²) >= 11 is 0. The predicted octanol–water partition coefficient (Wildman–Crippen LogP) is 6.11. The quantitative estimate of drug-likeness (QED) is 0.438. The smallest absolute Gasteiger partial charge is 0.282 e. The average Bonchev–Trinajstić information content (AvgIpc) is 3.06. The third kappa shape index (κ3) is 4.46. The minimum atomic E-state index is -0.385. The molecule has 0 atom stereocenters. The van der Waals surface area contributed by atoms with Gasteiger partial charge in [0.25, 0.3) is 11.8 Å². The van der Waals surface area contributed by atoms with Gasteiger partial charge in [-0.1, -0.05) is 37.3 Å². The van der Waals surface area contributed by atoms with E-state index < -0.39 is 0 Å². The van der Waals surface area contributed by atoms with E-state index in [1.165, 1.54) is 4.90 Å². The maximum absolute atomic E-state index is 13.7. The number of aryl methyl sites for hydroxylation is 4. The second kappa shape index (κ2) is 9.56. The van der Waals surface area contributed by atoms with Crippen molar-refractivity contribution < 1.29 is 14.3 Å². The molecule has 0 aliphatic carbocycles. The number of nitrogens with one attached hydrogen (secondary N) is 1. The molecule has 4 rings (SSSR count). The number of carbonyl (C=O) groups is 2. The number of ether oxygens (including phenoxy) is 1. The number of hydrogen-bond acceptors (Lipinski definition) is 4. The van der Waals surface area contributed by atoms with Gasteiger partial charge in [-0.25, -0.2) is 4.90 Å². The van der Waals surface area contributed by atoms with Gasteiger partial charge in [0.1, 0.15) is 11.4 Å². The third-order valence-corrected chi connectivity index (χ3v) is 6.20. The van der Waals surface area contributed by atoms with Crippen molar-refractivity contribution in [3.05, 3.63) is 94.2 Å². The lowest BCUT2D eigenvalue weighted by molar-refractivity contribution is -0.120. The van der Waals surface area contributed by atoms with Gasteiger partial charge in [-0.3, -0.25) is 9.59 Å². The summed E-state index contributed by atoms with van der Waals surface area (Å²) in [6.07, 6.45) is 0.869. The maximum Gasteiger partial charge on any atom is 0.282 e. The lowest BCUT2D eigenvalue weighted by Gasteiger charge is -2.17. The maximum atomic E-state index is 13.7. The number of rotatable bonds is 7. The molecule has 0 spiro atoms. The third-order valence-electron chi connectivity index (χ3n) is 6.20. The van der Waals surface area contributed by atoms with Crippen molar-refractivity contribution in [3.8, 4) is 5.75 Å². The van der Waals surface area contributed by atoms with Crippen LogP contribution in [0.1, 0.15) is 41.2 Å². The SMILES string of the molecule is CCCOc1cccc(N2C(=O)C(Nc3ccc(C)c(C)c3)=C(c3ccc(C)c(C)c3)C2=O)c1. The summed E-state index contributed by atoms with van der Waals surface area (Å²) in [4.78, 5) is 28.6. The number of hydrogen-bond donors (Lipinski definition) is 1. The molecular formula is C29H30N2O3. The Morgan fingerprint density at radius 3 is 2.18 bits per heavy atom. The van der Waals surface area contributed by atoms with E-state index >= 15 is 0 Å². The van der Waals surface area contributed by atoms with E-state index in [0.29, 0.717) is 29.2 Å². The fraction of sp³-hybridized carbons (Fsp3) is 0.241. The van der Waals surface area contributed by atoms with Gasteiger partial charge in [0, 0.05) is 11.8 Å². The summed E-state index contributed by atoms with van der Waals surface area (Å²) in [5, 5.41) is 3.26. The Hall–Kier alpha value is -3.86. The summed E-state index contributed by atoms with van der Waals surface area (Å²) in [5.41, 5.74) is 7.06. The molecule has 1 N–H and O–H groups in total. The van der Waals surface area contributed by atoms with Gasteiger partial charge in [0.15, 0.2) is 0 Å². The minimum Gasteiger partial charge on any atom is -0.494 e. The molecule has 1 aliphatic heterocycles. The first kappa shape index (κ1) is 23.3. The molecule has 0 saturated carbocycles. The Labute approximate surface area is 201 Å². The van der Waals surface area contributed by atoms with E-state index in [9.17, 15) is 9.59 Å². The van der Waals surface area contributed by atoms with Crippen molar-refractivity contribution in [2.45, 2.75) is 41.0 Å². The van der Waals surface area contributed by atoms with Crippen molar-refractivity contribution in [1.82, 2.24) is 0 Å². The van der Waals surface area contributed by atoms with Gasteiger partial charge >= 0.3 is 0 Å². The van der Waals surface area contributed by atoms with Crippen LogP contribution in [0, 0.1) is 27.7 Å². The number of anilines is 2. The van der Waals surface area contributed by atoms with Gasteiger partial charge in [0.05, 0.1) is 17.9 Å². The van der Waals surface area contributed by atoms with Gasteiger partial charge in [0.2, 0.25) is 0 Å². The summed E-state index contributed by atoms with van der Waals surface area (Å²) in [7, 11) is 0. The highest BCUT2D eigenvalue weighted by atomic mass is 16.5. The number of nitrogens with zero attached hydrogens (tertiary/aromatic N) is 1. The number of imide groups is 1. The molecule has 3 aromatic carbocycles. The Kier molecular flexibility index (Phi) is 6.55. The molecule has 34 heavy (non-hydrogen) atoms. The number of amides is 2. The lowest BCUT2D eigenvalue weighted by atomic mass is 9.99. The van der Waals surface area contributed by atoms with Crippen LogP contribution in [-0.4, -0.2) is 18.4 Å². The highest BCUT2D eigenvalue weighted by molar-refractivity contribution is 6.46. The molecule has 3 aromatic rings. The Morgan fingerprint density at radius 2 is 1.50 bits per heavy atom. The van der Waals surface area contributed by atoms with Crippen LogP contribution >= 0.6 is 0 Å². The normalized spacial score (nSPS) is 13.6. The van der Waals surface area contributed by atoms with Crippen molar-refractivity contribution in [1.29, 1.82) is 0 Å². The molecule has 1 aliphatic rings. The topological polar surface area (TPSA) is 58.6 Å². The largest absolute Gasteiger partial charge is 0.494 e. The fourth-order valence-corrected chi connectivity index (χ4v) is 3.94. The van der Waals surface area contributed by atoms with Crippen molar-refractivity contribution >= 4 is 28.8 Å². The molecule has 0 saturated heterocycles. The average molecular weight is 455 g/mol. The zero-order valence-corrected chi connectivity index (χ0v) is 20.4. The second-order valence-electron chi connectivity index (χ2n) is 8.76. The van der Waals surface area contributed by atoms with E-state index in [0.717, 1.165) is 34.4 Å². The van der Waals surface area contributed by atoms with Crippen LogP contribution in [0.3, 0.4) is 0 Å². The first-order valence-electron chi connectivity index (χ1n) is 11.6. The van der Waals surface area contributed by atoms with E-state index in [1.54, 1.807) is 18.2 Å². The fourth-order valence-electron chi connectivity index (χ4n) is 3.94. The Balaban J connectivity index is 1.80. The van der Waals surface area contributed by atoms with Gasteiger partial charge < -0.3 is 10.1 Å². The molecule has 2 amide bonds. The first-order valence-corrected chi connectivity index (χ1v) is 11.6. The molecular weight excluding hydrogens is 424 g/mol. The van der Waals surface area contributed by atoms with Crippen molar-refractivity contribution in [2.75, 3.05) is 16.8 Å². The van der Waals surface area contributed by atoms with E-state index in [1.807, 2.05) is 77.1 Å². The van der Waals surface area contributed by atoms with Crippen molar-refractivity contribution in [2.24, 2.45) is 0 Å². The first-order chi connectivity index (χ1) is 16.3. The van der Waals surface area contributed by atoms with Crippen LogP contribution < -0.4 is 15.0 Å². The molecule has 0 unspecified atom stereocenters. The highest BCUT2D eigenvalue weighted by Gasteiger charge is 2.40. The van der Waals surface area contributed by atoms with Gasteiger partial charge in [-0.05, 0) is 86.2 Å². The summed E-state index contributed by atoms with van der Waals surface area (Å²) < 4.78 is 5.73. The van der Waals surface area contributed by atoms with Crippen LogP contribution in [-0.2, 0) is 9.59 Å². The second-order valence-corrected chi connectivity index (χ2v) is 8.76. The number of benzene rings is 3. The van der Waals surface area contributed by atoms with Gasteiger partial charge in [-0.15, -0.1) is 0 Å². The zero-order valence-electron chi connectivity index (χ0n) is 20.4. The number of carbonyl (C=O) groups excluding carboxylic acids is 2. The molecule has 0 aromatic heterocycles. The van der Waals surface area contributed by atoms with E-state index in [-0.39, 0.29) is 17.5 Å². The van der Waals surface area contributed by atoms with Crippen LogP contribution in [0.15, 0.2) is 66.4 Å². The van der Waals surface area contributed by atoms with Crippen molar-refractivity contribution in [3.63, 3.8) is 0 Å². The molecule has 174 valence electrons. The van der Waals surface area contributed by atoms with E-state index in [2.05, 4.69) is 5.32 Å². The Bertz CT molecular complexity index is 1310. The van der Waals surface area contributed by atoms with Gasteiger partial charge in [-0.2, -0.15) is 0 Å². The molecule has 0 bridgehead atoms. The standard InChI is InChI=1S/C29H30N2O3/c1-6-14-34-25-9-7-8-24(17-25)31-28(32)26(22-12-10-18(2)20(4)15-22)27(29(31)33)30-23-13-11-19(3)21(5)16-23/h7-13,15-17,30H,6,14H2,1-5H3. The van der Waals surface area contributed by atoms with Crippen LogP contribution in [0.2, 0.25) is 0 Å². The summed E-state index contributed by atoms with van der Waals surface area (Å²) in [6.45, 7) is 10.7. The predicted molar refractivity (Wildman–Crippen MR) is 137 cm³/mol. The molecule has 1 heterocycles. The Morgan fingerprint density at radius 1 is 0.794 bits per heavy atom. The summed E-state index contributed by atoms with van der Waals surface area (Å²) in [5.74, 6) is -0.112. The van der Waals surface area contributed by atoms with Crippen LogP contribution in [0.25, 0.3) is 5.57 Å². The molecule has 0 fully saturated rings.